The van der Waals surface area contributed by atoms with Crippen LogP contribution in [0.25, 0.3) is 0 Å². The molecule has 3 atom stereocenters. The van der Waals surface area contributed by atoms with Crippen molar-refractivity contribution < 1.29 is 4.79 Å². The second-order valence-corrected chi connectivity index (χ2v) is 5.68. The predicted molar refractivity (Wildman–Crippen MR) is 63.8 cm³/mol. The van der Waals surface area contributed by atoms with E-state index in [1.54, 1.807) is 11.8 Å². The lowest BCUT2D eigenvalue weighted by molar-refractivity contribution is -0.123. The van der Waals surface area contributed by atoms with Gasteiger partial charge in [0.1, 0.15) is 0 Å². The maximum Gasteiger partial charge on any atom is 0.238 e. The second kappa shape index (κ2) is 5.21. The SMILES string of the molecule is CC1CCCCC1NC(=O)C1CSCN1. The molecule has 0 spiro atoms. The number of rotatable bonds is 2. The zero-order chi connectivity index (χ0) is 10.7. The van der Waals surface area contributed by atoms with Gasteiger partial charge in [-0.25, -0.2) is 0 Å². The smallest absolute Gasteiger partial charge is 0.238 e. The highest BCUT2D eigenvalue weighted by Gasteiger charge is 2.27. The van der Waals surface area contributed by atoms with Crippen LogP contribution in [0, 0.1) is 5.92 Å². The molecule has 1 aliphatic carbocycles. The Balaban J connectivity index is 1.81. The Hall–Kier alpha value is -0.220. The van der Waals surface area contributed by atoms with E-state index in [1.807, 2.05) is 0 Å². The van der Waals surface area contributed by atoms with E-state index in [9.17, 15) is 4.79 Å². The molecule has 86 valence electrons. The van der Waals surface area contributed by atoms with Crippen LogP contribution in [-0.4, -0.2) is 29.6 Å². The zero-order valence-corrected chi connectivity index (χ0v) is 10.1. The summed E-state index contributed by atoms with van der Waals surface area (Å²) in [5, 5.41) is 6.41. The molecule has 0 radical (unpaired) electrons. The van der Waals surface area contributed by atoms with Crippen molar-refractivity contribution in [2.24, 2.45) is 5.92 Å². The summed E-state index contributed by atoms with van der Waals surface area (Å²) in [6.07, 6.45) is 5.01. The van der Waals surface area contributed by atoms with E-state index in [4.69, 9.17) is 0 Å². The maximum absolute atomic E-state index is 11.9. The van der Waals surface area contributed by atoms with E-state index in [-0.39, 0.29) is 11.9 Å². The summed E-state index contributed by atoms with van der Waals surface area (Å²) in [7, 11) is 0. The summed E-state index contributed by atoms with van der Waals surface area (Å²) in [6, 6.07) is 0.461. The van der Waals surface area contributed by atoms with E-state index >= 15 is 0 Å². The van der Waals surface area contributed by atoms with Gasteiger partial charge in [-0.1, -0.05) is 19.8 Å². The first-order chi connectivity index (χ1) is 7.27. The van der Waals surface area contributed by atoms with Gasteiger partial charge < -0.3 is 5.32 Å². The third-order valence-electron chi connectivity index (χ3n) is 3.47. The van der Waals surface area contributed by atoms with Crippen molar-refractivity contribution in [3.05, 3.63) is 0 Å². The highest BCUT2D eigenvalue weighted by Crippen LogP contribution is 2.24. The van der Waals surface area contributed by atoms with Crippen molar-refractivity contribution in [1.82, 2.24) is 10.6 Å². The van der Waals surface area contributed by atoms with Crippen LogP contribution in [0.3, 0.4) is 0 Å². The first-order valence-corrected chi connectivity index (χ1v) is 7.04. The van der Waals surface area contributed by atoms with E-state index in [1.165, 1.54) is 19.3 Å². The van der Waals surface area contributed by atoms with Gasteiger partial charge in [-0.05, 0) is 18.8 Å². The number of amides is 1. The average molecular weight is 228 g/mol. The Labute approximate surface area is 95.8 Å². The summed E-state index contributed by atoms with van der Waals surface area (Å²) in [6.45, 7) is 2.25. The number of thioether (sulfide) groups is 1. The fourth-order valence-corrected chi connectivity index (χ4v) is 3.32. The summed E-state index contributed by atoms with van der Waals surface area (Å²) < 4.78 is 0. The Bertz CT molecular complexity index is 229. The van der Waals surface area contributed by atoms with Gasteiger partial charge in [-0.3, -0.25) is 10.1 Å². The van der Waals surface area contributed by atoms with Crippen LogP contribution >= 0.6 is 11.8 Å². The van der Waals surface area contributed by atoms with Crippen molar-refractivity contribution in [3.63, 3.8) is 0 Å². The Morgan fingerprint density at radius 3 is 2.87 bits per heavy atom. The van der Waals surface area contributed by atoms with Crippen molar-refractivity contribution in [2.45, 2.75) is 44.7 Å². The van der Waals surface area contributed by atoms with Gasteiger partial charge >= 0.3 is 0 Å². The average Bonchev–Trinajstić information content (AvgIpc) is 2.74. The molecule has 0 bridgehead atoms. The minimum Gasteiger partial charge on any atom is -0.352 e. The van der Waals surface area contributed by atoms with Crippen LogP contribution in [0.15, 0.2) is 0 Å². The van der Waals surface area contributed by atoms with Gasteiger partial charge in [0.05, 0.1) is 6.04 Å². The van der Waals surface area contributed by atoms with Gasteiger partial charge in [-0.2, -0.15) is 0 Å². The quantitative estimate of drug-likeness (QED) is 0.749. The molecule has 0 aromatic rings. The standard InChI is InChI=1S/C11H20N2OS/c1-8-4-2-3-5-9(8)13-11(14)10-6-15-7-12-10/h8-10,12H,2-7H2,1H3,(H,13,14). The molecule has 15 heavy (non-hydrogen) atoms. The lowest BCUT2D eigenvalue weighted by Gasteiger charge is -2.30. The number of hydrogen-bond donors (Lipinski definition) is 2. The highest BCUT2D eigenvalue weighted by atomic mass is 32.2. The van der Waals surface area contributed by atoms with Gasteiger partial charge in [0.2, 0.25) is 5.91 Å². The highest BCUT2D eigenvalue weighted by molar-refractivity contribution is 7.99. The van der Waals surface area contributed by atoms with Crippen molar-refractivity contribution in [2.75, 3.05) is 11.6 Å². The van der Waals surface area contributed by atoms with Crippen LogP contribution in [0.1, 0.15) is 32.6 Å². The fourth-order valence-electron chi connectivity index (χ4n) is 2.38. The molecule has 3 unspecified atom stereocenters. The Morgan fingerprint density at radius 1 is 1.40 bits per heavy atom. The third-order valence-corrected chi connectivity index (χ3v) is 4.41. The number of hydrogen-bond acceptors (Lipinski definition) is 3. The maximum atomic E-state index is 11.9. The van der Waals surface area contributed by atoms with E-state index in [0.717, 1.165) is 18.1 Å². The topological polar surface area (TPSA) is 41.1 Å². The molecule has 1 aliphatic heterocycles. The molecular formula is C11H20N2OS. The lowest BCUT2D eigenvalue weighted by Crippen LogP contribution is -2.49. The van der Waals surface area contributed by atoms with Crippen molar-refractivity contribution >= 4 is 17.7 Å². The molecule has 0 aromatic heterocycles. The molecule has 3 nitrogen and oxygen atoms in total. The van der Waals surface area contributed by atoms with Gasteiger partial charge in [-0.15, -0.1) is 11.8 Å². The van der Waals surface area contributed by atoms with Crippen LogP contribution in [0.5, 0.6) is 0 Å². The van der Waals surface area contributed by atoms with E-state index in [2.05, 4.69) is 17.6 Å². The molecule has 2 fully saturated rings. The van der Waals surface area contributed by atoms with E-state index < -0.39 is 0 Å². The van der Waals surface area contributed by atoms with Crippen LogP contribution in [0.4, 0.5) is 0 Å². The molecule has 2 aliphatic rings. The molecule has 1 amide bonds. The van der Waals surface area contributed by atoms with Crippen LogP contribution < -0.4 is 10.6 Å². The number of nitrogens with one attached hydrogen (secondary N) is 2. The molecule has 1 heterocycles. The zero-order valence-electron chi connectivity index (χ0n) is 9.29. The summed E-state index contributed by atoms with van der Waals surface area (Å²) in [5.74, 6) is 2.70. The van der Waals surface area contributed by atoms with Gasteiger partial charge in [0, 0.05) is 17.7 Å². The molecule has 2 N–H and O–H groups in total. The number of carbonyl (C=O) groups excluding carboxylic acids is 1. The van der Waals surface area contributed by atoms with E-state index in [0.29, 0.717) is 12.0 Å². The summed E-state index contributed by atoms with van der Waals surface area (Å²) in [4.78, 5) is 11.9. The normalized spacial score (nSPS) is 36.5. The van der Waals surface area contributed by atoms with Crippen molar-refractivity contribution in [1.29, 1.82) is 0 Å². The third kappa shape index (κ3) is 2.88. The molecule has 4 heteroatoms. The molecule has 2 rings (SSSR count). The predicted octanol–water partition coefficient (Wildman–Crippen LogP) is 1.34. The molecule has 1 saturated carbocycles. The van der Waals surface area contributed by atoms with Crippen molar-refractivity contribution in [3.8, 4) is 0 Å². The van der Waals surface area contributed by atoms with Crippen LogP contribution in [-0.2, 0) is 4.79 Å². The molecular weight excluding hydrogens is 208 g/mol. The Morgan fingerprint density at radius 2 is 2.20 bits per heavy atom. The first-order valence-electron chi connectivity index (χ1n) is 5.89. The largest absolute Gasteiger partial charge is 0.352 e. The lowest BCUT2D eigenvalue weighted by atomic mass is 9.86. The second-order valence-electron chi connectivity index (χ2n) is 4.65. The minimum absolute atomic E-state index is 0.0455. The summed E-state index contributed by atoms with van der Waals surface area (Å²) >= 11 is 1.80. The van der Waals surface area contributed by atoms with Crippen LogP contribution in [0.2, 0.25) is 0 Å². The molecule has 0 aromatic carbocycles. The monoisotopic (exact) mass is 228 g/mol. The Kier molecular flexibility index (Phi) is 3.92. The van der Waals surface area contributed by atoms with Gasteiger partial charge in [0.15, 0.2) is 0 Å². The summed E-state index contributed by atoms with van der Waals surface area (Å²) in [5.41, 5.74) is 0. The number of carbonyl (C=O) groups is 1. The molecule has 1 saturated heterocycles. The van der Waals surface area contributed by atoms with Gasteiger partial charge in [0.25, 0.3) is 0 Å². The fraction of sp³-hybridized carbons (Fsp3) is 0.909. The first kappa shape index (κ1) is 11.3. The minimum atomic E-state index is 0.0455.